The monoisotopic (exact) mass is 338 g/mol. The molecule has 0 bridgehead atoms. The minimum Gasteiger partial charge on any atom is -0.465 e. The van der Waals surface area contributed by atoms with Crippen molar-refractivity contribution < 1.29 is 23.3 Å². The largest absolute Gasteiger partial charge is 0.465 e. The molecular formula is C17H22O5S. The van der Waals surface area contributed by atoms with E-state index in [-0.39, 0.29) is 19.6 Å². The number of rotatable bonds is 8. The second-order valence-electron chi connectivity index (χ2n) is 4.77. The van der Waals surface area contributed by atoms with Gasteiger partial charge in [-0.3, -0.25) is 9.59 Å². The lowest BCUT2D eigenvalue weighted by Crippen LogP contribution is -2.27. The Bertz CT molecular complexity index is 559. The first kappa shape index (κ1) is 19.1. The lowest BCUT2D eigenvalue weighted by Gasteiger charge is -2.12. The number of hydrogen-bond donors (Lipinski definition) is 0. The van der Waals surface area contributed by atoms with Gasteiger partial charge in [0, 0.05) is 10.3 Å². The van der Waals surface area contributed by atoms with E-state index in [1.54, 1.807) is 32.1 Å². The lowest BCUT2D eigenvalue weighted by molar-refractivity contribution is -0.161. The number of ether oxygens (including phenoxy) is 2. The van der Waals surface area contributed by atoms with Gasteiger partial charge in [0.25, 0.3) is 0 Å². The summed E-state index contributed by atoms with van der Waals surface area (Å²) in [5.41, 5.74) is 1.08. The highest BCUT2D eigenvalue weighted by Crippen LogP contribution is 2.13. The van der Waals surface area contributed by atoms with Crippen LogP contribution in [-0.4, -0.2) is 29.4 Å². The summed E-state index contributed by atoms with van der Waals surface area (Å²) in [5, 5.41) is 1.47. The maximum atomic E-state index is 12.1. The molecule has 0 saturated heterocycles. The van der Waals surface area contributed by atoms with Gasteiger partial charge < -0.3 is 9.47 Å². The van der Waals surface area contributed by atoms with Crippen molar-refractivity contribution >= 4 is 22.7 Å². The predicted octanol–water partition coefficient (Wildman–Crippen LogP) is 2.75. The van der Waals surface area contributed by atoms with Gasteiger partial charge in [-0.05, 0) is 39.3 Å². The molecule has 126 valence electrons. The van der Waals surface area contributed by atoms with E-state index >= 15 is 0 Å². The molecule has 0 unspecified atom stereocenters. The van der Waals surface area contributed by atoms with Gasteiger partial charge in [-0.1, -0.05) is 23.8 Å². The number of hydrogen-bond acceptors (Lipinski definition) is 5. The van der Waals surface area contributed by atoms with Gasteiger partial charge in [0.15, 0.2) is 5.92 Å². The van der Waals surface area contributed by atoms with E-state index in [0.717, 1.165) is 5.56 Å². The number of esters is 2. The Morgan fingerprint density at radius 3 is 2.09 bits per heavy atom. The molecule has 0 saturated carbocycles. The molecular weight excluding hydrogens is 316 g/mol. The van der Waals surface area contributed by atoms with Crippen LogP contribution in [0.3, 0.4) is 0 Å². The molecule has 0 radical (unpaired) electrons. The summed E-state index contributed by atoms with van der Waals surface area (Å²) >= 11 is 0. The first-order valence-corrected chi connectivity index (χ1v) is 8.68. The van der Waals surface area contributed by atoms with Crippen LogP contribution >= 0.6 is 0 Å². The smallest absolute Gasteiger partial charge is 0.320 e. The van der Waals surface area contributed by atoms with Crippen LogP contribution in [0.1, 0.15) is 25.8 Å². The Morgan fingerprint density at radius 2 is 1.61 bits per heavy atom. The normalized spacial score (nSPS) is 12.3. The third kappa shape index (κ3) is 6.36. The van der Waals surface area contributed by atoms with Crippen molar-refractivity contribution in [3.8, 4) is 0 Å². The van der Waals surface area contributed by atoms with Crippen molar-refractivity contribution in [3.63, 3.8) is 0 Å². The quantitative estimate of drug-likeness (QED) is 0.538. The maximum absolute atomic E-state index is 12.1. The molecule has 0 amide bonds. The molecule has 0 aliphatic heterocycles. The zero-order chi connectivity index (χ0) is 17.2. The molecule has 23 heavy (non-hydrogen) atoms. The van der Waals surface area contributed by atoms with Crippen LogP contribution in [-0.2, 0) is 29.9 Å². The molecule has 0 spiro atoms. The summed E-state index contributed by atoms with van der Waals surface area (Å²) in [5.74, 6) is -2.28. The topological polar surface area (TPSA) is 69.7 Å². The minimum absolute atomic E-state index is 0.0925. The molecule has 1 rings (SSSR count). The van der Waals surface area contributed by atoms with E-state index in [9.17, 15) is 13.8 Å². The first-order valence-electron chi connectivity index (χ1n) is 7.46. The van der Waals surface area contributed by atoms with Gasteiger partial charge in [-0.15, -0.1) is 0 Å². The summed E-state index contributed by atoms with van der Waals surface area (Å²) in [7, 11) is -1.33. The average Bonchev–Trinajstić information content (AvgIpc) is 2.52. The van der Waals surface area contributed by atoms with Crippen molar-refractivity contribution in [2.75, 3.05) is 13.2 Å². The SMILES string of the molecule is CCOC(=O)C(C/C=C/[S@](=O)c1ccc(C)cc1)C(=O)OCC. The zero-order valence-corrected chi connectivity index (χ0v) is 14.4. The molecule has 1 aromatic carbocycles. The van der Waals surface area contributed by atoms with Crippen LogP contribution in [0.5, 0.6) is 0 Å². The Hall–Kier alpha value is -1.95. The van der Waals surface area contributed by atoms with Gasteiger partial charge in [-0.25, -0.2) is 4.21 Å². The highest BCUT2D eigenvalue weighted by atomic mass is 32.2. The third-order valence-corrected chi connectivity index (χ3v) is 4.16. The fraction of sp³-hybridized carbons (Fsp3) is 0.412. The highest BCUT2D eigenvalue weighted by Gasteiger charge is 2.28. The fourth-order valence-electron chi connectivity index (χ4n) is 1.80. The molecule has 0 aromatic heterocycles. The van der Waals surface area contributed by atoms with Crippen LogP contribution in [0.15, 0.2) is 40.6 Å². The Labute approximate surface area is 139 Å². The van der Waals surface area contributed by atoms with Crippen molar-refractivity contribution in [2.24, 2.45) is 5.92 Å². The molecule has 5 nitrogen and oxygen atoms in total. The average molecular weight is 338 g/mol. The first-order chi connectivity index (χ1) is 11.0. The van der Waals surface area contributed by atoms with Crippen LogP contribution in [0.4, 0.5) is 0 Å². The zero-order valence-electron chi connectivity index (χ0n) is 13.6. The second kappa shape index (κ2) is 9.94. The second-order valence-corrected chi connectivity index (χ2v) is 6.11. The van der Waals surface area contributed by atoms with Gasteiger partial charge in [0.1, 0.15) is 0 Å². The molecule has 0 N–H and O–H groups in total. The predicted molar refractivity (Wildman–Crippen MR) is 88.1 cm³/mol. The van der Waals surface area contributed by atoms with Crippen LogP contribution in [0.25, 0.3) is 0 Å². The van der Waals surface area contributed by atoms with E-state index in [0.29, 0.717) is 4.90 Å². The van der Waals surface area contributed by atoms with E-state index in [1.807, 2.05) is 19.1 Å². The number of aryl methyl sites for hydroxylation is 1. The molecule has 0 heterocycles. The highest BCUT2D eigenvalue weighted by molar-refractivity contribution is 7.88. The molecule has 0 aliphatic rings. The molecule has 0 aliphatic carbocycles. The van der Waals surface area contributed by atoms with Gasteiger partial charge in [0.05, 0.1) is 24.0 Å². The van der Waals surface area contributed by atoms with E-state index in [1.165, 1.54) is 5.41 Å². The fourth-order valence-corrected chi connectivity index (χ4v) is 2.65. The summed E-state index contributed by atoms with van der Waals surface area (Å²) in [4.78, 5) is 24.3. The number of carbonyl (C=O) groups is 2. The number of benzene rings is 1. The molecule has 6 heteroatoms. The van der Waals surface area contributed by atoms with Crippen LogP contribution in [0.2, 0.25) is 0 Å². The number of allylic oxidation sites excluding steroid dienone is 1. The van der Waals surface area contributed by atoms with Gasteiger partial charge >= 0.3 is 11.9 Å². The van der Waals surface area contributed by atoms with Crippen molar-refractivity contribution in [3.05, 3.63) is 41.3 Å². The van der Waals surface area contributed by atoms with Crippen molar-refractivity contribution in [1.82, 2.24) is 0 Å². The van der Waals surface area contributed by atoms with Crippen LogP contribution in [0, 0.1) is 12.8 Å². The summed E-state index contributed by atoms with van der Waals surface area (Å²) in [6.07, 6.45) is 1.64. The molecule has 1 atom stereocenters. The van der Waals surface area contributed by atoms with E-state index in [4.69, 9.17) is 9.47 Å². The summed E-state index contributed by atoms with van der Waals surface area (Å²) in [6, 6.07) is 7.32. The Balaban J connectivity index is 2.72. The van der Waals surface area contributed by atoms with E-state index < -0.39 is 28.7 Å². The Morgan fingerprint density at radius 1 is 1.09 bits per heavy atom. The lowest BCUT2D eigenvalue weighted by atomic mass is 10.1. The molecule has 1 aromatic rings. The standard InChI is InChI=1S/C17H22O5S/c1-4-21-16(18)15(17(19)22-5-2)7-6-12-23(20)14-10-8-13(3)9-11-14/h6,8-12,15H,4-5,7H2,1-3H3/b12-6+/t23-/m0/s1. The van der Waals surface area contributed by atoms with Crippen molar-refractivity contribution in [2.45, 2.75) is 32.1 Å². The summed E-state index contributed by atoms with van der Waals surface area (Å²) < 4.78 is 21.9. The van der Waals surface area contributed by atoms with E-state index in [2.05, 4.69) is 0 Å². The van der Waals surface area contributed by atoms with Crippen LogP contribution < -0.4 is 0 Å². The third-order valence-electron chi connectivity index (χ3n) is 2.99. The maximum Gasteiger partial charge on any atom is 0.320 e. The Kier molecular flexibility index (Phi) is 8.26. The van der Waals surface area contributed by atoms with Gasteiger partial charge in [0.2, 0.25) is 0 Å². The minimum atomic E-state index is -1.33. The summed E-state index contributed by atoms with van der Waals surface area (Å²) in [6.45, 7) is 5.66. The molecule has 0 fully saturated rings. The van der Waals surface area contributed by atoms with Crippen molar-refractivity contribution in [1.29, 1.82) is 0 Å². The number of carbonyl (C=O) groups excluding carboxylic acids is 2. The van der Waals surface area contributed by atoms with Gasteiger partial charge in [-0.2, -0.15) is 0 Å².